The number of nitrogens with one attached hydrogen (secondary N) is 7. The molecule has 0 bridgehead atoms. The van der Waals surface area contributed by atoms with Crippen LogP contribution < -0.4 is 49.1 Å². The molecule has 0 saturated carbocycles. The lowest BCUT2D eigenvalue weighted by molar-refractivity contribution is -0.142. The van der Waals surface area contributed by atoms with Crippen molar-refractivity contribution in [2.24, 2.45) is 29.0 Å². The molecule has 0 fully saturated rings. The highest BCUT2D eigenvalue weighted by Gasteiger charge is 2.33. The number of aliphatic hydroxyl groups excluding tert-OH is 1. The third-order valence-electron chi connectivity index (χ3n) is 7.87. The molecule has 0 unspecified atom stereocenters. The van der Waals surface area contributed by atoms with Crippen molar-refractivity contribution in [1.29, 1.82) is 0 Å². The number of carbonyl (C=O) groups is 8. The first kappa shape index (κ1) is 46.9. The molecule has 0 aliphatic carbocycles. The van der Waals surface area contributed by atoms with Gasteiger partial charge >= 0.3 is 5.97 Å². The van der Waals surface area contributed by atoms with Crippen LogP contribution >= 0.6 is 0 Å². The number of hydrogen-bond acceptors (Lipinski definition) is 12. The van der Waals surface area contributed by atoms with E-state index in [9.17, 15) is 48.6 Å². The molecule has 0 aliphatic heterocycles. The smallest absolute Gasteiger partial charge is 0.326 e. The van der Waals surface area contributed by atoms with Gasteiger partial charge in [0.15, 0.2) is 0 Å². The van der Waals surface area contributed by atoms with Gasteiger partial charge in [-0.05, 0) is 50.5 Å². The second kappa shape index (κ2) is 24.2. The Kier molecular flexibility index (Phi) is 21.0. The molecule has 15 N–H and O–H groups in total. The van der Waals surface area contributed by atoms with Crippen LogP contribution in [0.5, 0.6) is 0 Å². The standard InChI is InChI=1S/C33H57N11O10/c1-17(2)9-20(35)28(48)42-22(10-18(3)4)30(50)44-24(12-26(36)46)31(51)43-23(11-19-13-37-16-39-19)29(49)38-14-27(47)40-25(15-45)32(52)41-21(33(53)54)7-5-6-8-34/h13,16-18,20-25,45H,5-12,14-15,34-35H2,1-4H3,(H2,36,46)(H,37,39)(H,38,49)(H,40,47)(H,41,52)(H,42,48)(H,43,51)(H,44,50)(H,53,54)/t20-,21-,22-,23-,24-,25-/m0/s1. The van der Waals surface area contributed by atoms with Gasteiger partial charge in [0.2, 0.25) is 41.4 Å². The van der Waals surface area contributed by atoms with E-state index in [1.54, 1.807) is 0 Å². The monoisotopic (exact) mass is 767 g/mol. The van der Waals surface area contributed by atoms with E-state index < -0.39 is 103 Å². The van der Waals surface area contributed by atoms with Crippen molar-refractivity contribution in [1.82, 2.24) is 41.9 Å². The minimum absolute atomic E-state index is 0.0656. The van der Waals surface area contributed by atoms with E-state index in [1.165, 1.54) is 12.5 Å². The summed E-state index contributed by atoms with van der Waals surface area (Å²) in [6, 6.07) is -7.87. The number of carboxylic acid groups (broad SMARTS) is 1. The van der Waals surface area contributed by atoms with Gasteiger partial charge in [0.25, 0.3) is 0 Å². The fourth-order valence-corrected chi connectivity index (χ4v) is 5.13. The Hall–Kier alpha value is -5.15. The van der Waals surface area contributed by atoms with Crippen molar-refractivity contribution in [2.45, 2.75) is 109 Å². The van der Waals surface area contributed by atoms with Crippen molar-refractivity contribution in [3.05, 3.63) is 18.2 Å². The van der Waals surface area contributed by atoms with Gasteiger partial charge in [0, 0.05) is 18.3 Å². The topological polar surface area (TPSA) is 356 Å². The number of unbranched alkanes of at least 4 members (excludes halogenated alkanes) is 1. The van der Waals surface area contributed by atoms with Crippen molar-refractivity contribution >= 4 is 47.3 Å². The van der Waals surface area contributed by atoms with Crippen LogP contribution in [0.3, 0.4) is 0 Å². The first-order valence-corrected chi connectivity index (χ1v) is 17.7. The maximum absolute atomic E-state index is 13.5. The van der Waals surface area contributed by atoms with E-state index in [0.717, 1.165) is 0 Å². The van der Waals surface area contributed by atoms with Crippen LogP contribution in [-0.2, 0) is 44.8 Å². The molecule has 1 heterocycles. The summed E-state index contributed by atoms with van der Waals surface area (Å²) in [5.41, 5.74) is 17.2. The number of aliphatic hydroxyl groups is 1. The first-order chi connectivity index (χ1) is 25.4. The molecule has 1 rings (SSSR count). The summed E-state index contributed by atoms with van der Waals surface area (Å²) in [7, 11) is 0. The fraction of sp³-hybridized carbons (Fsp3) is 0.667. The molecule has 304 valence electrons. The quantitative estimate of drug-likeness (QED) is 0.0401. The summed E-state index contributed by atoms with van der Waals surface area (Å²) in [4.78, 5) is 109. The van der Waals surface area contributed by atoms with E-state index in [0.29, 0.717) is 31.5 Å². The van der Waals surface area contributed by atoms with Crippen LogP contribution in [-0.4, -0.2) is 123 Å². The van der Waals surface area contributed by atoms with E-state index in [-0.39, 0.29) is 31.1 Å². The average molecular weight is 768 g/mol. The third kappa shape index (κ3) is 18.1. The highest BCUT2D eigenvalue weighted by atomic mass is 16.4. The number of aromatic nitrogens is 2. The zero-order chi connectivity index (χ0) is 41.0. The van der Waals surface area contributed by atoms with Gasteiger partial charge in [0.1, 0.15) is 30.2 Å². The zero-order valence-corrected chi connectivity index (χ0v) is 31.2. The molecular formula is C33H57N11O10. The Morgan fingerprint density at radius 2 is 1.33 bits per heavy atom. The Bertz CT molecular complexity index is 1410. The van der Waals surface area contributed by atoms with Crippen LogP contribution in [0, 0.1) is 11.8 Å². The van der Waals surface area contributed by atoms with E-state index in [2.05, 4.69) is 41.9 Å². The van der Waals surface area contributed by atoms with Gasteiger partial charge in [-0.15, -0.1) is 0 Å². The van der Waals surface area contributed by atoms with E-state index >= 15 is 0 Å². The molecular weight excluding hydrogens is 710 g/mol. The number of primary amides is 1. The SMILES string of the molecule is CC(C)C[C@H](NC(=O)[C@@H](N)CC(C)C)C(=O)N[C@@H](CC(N)=O)C(=O)N[C@@H](Cc1cnc[nH]1)C(=O)NCC(=O)N[C@@H](CO)C(=O)N[C@@H](CCCCN)C(=O)O. The molecule has 21 nitrogen and oxygen atoms in total. The van der Waals surface area contributed by atoms with Gasteiger partial charge in [-0.1, -0.05) is 27.7 Å². The lowest BCUT2D eigenvalue weighted by Crippen LogP contribution is -2.59. The van der Waals surface area contributed by atoms with E-state index in [1.807, 2.05) is 27.7 Å². The van der Waals surface area contributed by atoms with Crippen LogP contribution in [0.25, 0.3) is 0 Å². The maximum atomic E-state index is 13.5. The van der Waals surface area contributed by atoms with Gasteiger partial charge in [-0.25, -0.2) is 9.78 Å². The number of H-pyrrole nitrogens is 1. The molecule has 6 atom stereocenters. The number of rotatable bonds is 26. The van der Waals surface area contributed by atoms with Gasteiger partial charge in [-0.3, -0.25) is 33.6 Å². The zero-order valence-electron chi connectivity index (χ0n) is 31.2. The largest absolute Gasteiger partial charge is 0.480 e. The predicted molar refractivity (Wildman–Crippen MR) is 193 cm³/mol. The Morgan fingerprint density at radius 1 is 0.759 bits per heavy atom. The summed E-state index contributed by atoms with van der Waals surface area (Å²) in [6.07, 6.45) is 3.34. The Balaban J connectivity index is 3.08. The third-order valence-corrected chi connectivity index (χ3v) is 7.87. The van der Waals surface area contributed by atoms with Crippen molar-refractivity contribution < 1.29 is 48.6 Å². The number of nitrogens with two attached hydrogens (primary N) is 3. The second-order valence-corrected chi connectivity index (χ2v) is 13.7. The minimum Gasteiger partial charge on any atom is -0.480 e. The minimum atomic E-state index is -1.58. The Morgan fingerprint density at radius 3 is 1.87 bits per heavy atom. The van der Waals surface area contributed by atoms with Crippen LogP contribution in [0.2, 0.25) is 0 Å². The number of nitrogens with zero attached hydrogens (tertiary/aromatic N) is 1. The van der Waals surface area contributed by atoms with Crippen molar-refractivity contribution in [3.63, 3.8) is 0 Å². The first-order valence-electron chi connectivity index (χ1n) is 17.7. The summed E-state index contributed by atoms with van der Waals surface area (Å²) in [6.45, 7) is 6.08. The van der Waals surface area contributed by atoms with Gasteiger partial charge in [0.05, 0.1) is 31.9 Å². The molecule has 21 heteroatoms. The van der Waals surface area contributed by atoms with Crippen LogP contribution in [0.15, 0.2) is 12.5 Å². The number of imidazole rings is 1. The van der Waals surface area contributed by atoms with Crippen LogP contribution in [0.1, 0.15) is 71.9 Å². The predicted octanol–water partition coefficient (Wildman–Crippen LogP) is -4.01. The average Bonchev–Trinajstić information content (AvgIpc) is 3.60. The number of amides is 7. The maximum Gasteiger partial charge on any atom is 0.326 e. The number of carbonyl (C=O) groups excluding carboxylic acids is 7. The molecule has 0 aliphatic rings. The fourth-order valence-electron chi connectivity index (χ4n) is 5.13. The summed E-state index contributed by atoms with van der Waals surface area (Å²) >= 11 is 0. The second-order valence-electron chi connectivity index (χ2n) is 13.7. The summed E-state index contributed by atoms with van der Waals surface area (Å²) in [5, 5.41) is 33.4. The van der Waals surface area contributed by atoms with E-state index in [4.69, 9.17) is 17.2 Å². The highest BCUT2D eigenvalue weighted by molar-refractivity contribution is 5.97. The number of aliphatic carboxylic acids is 1. The summed E-state index contributed by atoms with van der Waals surface area (Å²) in [5.74, 6) is -7.44. The molecule has 0 radical (unpaired) electrons. The van der Waals surface area contributed by atoms with Crippen molar-refractivity contribution in [3.8, 4) is 0 Å². The number of carboxylic acids is 1. The normalized spacial score (nSPS) is 14.5. The molecule has 0 spiro atoms. The van der Waals surface area contributed by atoms with Gasteiger partial charge < -0.3 is 64.3 Å². The van der Waals surface area contributed by atoms with Crippen LogP contribution in [0.4, 0.5) is 0 Å². The summed E-state index contributed by atoms with van der Waals surface area (Å²) < 4.78 is 0. The Labute approximate surface area is 313 Å². The molecule has 54 heavy (non-hydrogen) atoms. The molecule has 7 amide bonds. The molecule has 0 saturated heterocycles. The number of aromatic amines is 1. The molecule has 1 aromatic rings. The molecule has 1 aromatic heterocycles. The lowest BCUT2D eigenvalue weighted by Gasteiger charge is -2.26. The highest BCUT2D eigenvalue weighted by Crippen LogP contribution is 2.09. The molecule has 0 aromatic carbocycles. The van der Waals surface area contributed by atoms with Gasteiger partial charge in [-0.2, -0.15) is 0 Å². The van der Waals surface area contributed by atoms with Crippen molar-refractivity contribution in [2.75, 3.05) is 19.7 Å². The number of hydrogen-bond donors (Lipinski definition) is 12. The lowest BCUT2D eigenvalue weighted by atomic mass is 10.00.